The van der Waals surface area contributed by atoms with Gasteiger partial charge in [0.25, 0.3) is 5.91 Å². The van der Waals surface area contributed by atoms with Gasteiger partial charge in [-0.25, -0.2) is 4.68 Å². The number of carbonyl (C=O) groups excluding carboxylic acids is 1. The molecule has 3 rings (SSSR count). The first kappa shape index (κ1) is 20.6. The third-order valence-corrected chi connectivity index (χ3v) is 4.50. The molecule has 0 atom stereocenters. The summed E-state index contributed by atoms with van der Waals surface area (Å²) >= 11 is 0. The van der Waals surface area contributed by atoms with Crippen molar-refractivity contribution in [3.05, 3.63) is 84.1 Å². The fourth-order valence-corrected chi connectivity index (χ4v) is 3.02. The molecule has 1 amide bonds. The molecule has 150 valence electrons. The lowest BCUT2D eigenvalue weighted by atomic mass is 10.0. The van der Waals surface area contributed by atoms with Crippen molar-refractivity contribution in [2.24, 2.45) is 0 Å². The molecule has 0 fully saturated rings. The van der Waals surface area contributed by atoms with E-state index in [4.69, 9.17) is 9.84 Å². The molecule has 0 unspecified atom stereocenters. The predicted octanol–water partition coefficient (Wildman–Crippen LogP) is 4.07. The Balaban J connectivity index is 2.13. The minimum absolute atomic E-state index is 0.00375. The highest BCUT2D eigenvalue weighted by Gasteiger charge is 2.15. The van der Waals surface area contributed by atoms with Gasteiger partial charge in [-0.1, -0.05) is 24.3 Å². The van der Waals surface area contributed by atoms with Gasteiger partial charge < -0.3 is 10.1 Å². The van der Waals surface area contributed by atoms with E-state index in [2.05, 4.69) is 11.9 Å². The van der Waals surface area contributed by atoms with Crippen molar-refractivity contribution in [2.45, 2.75) is 6.92 Å². The number of para-hydroxylation sites is 1. The van der Waals surface area contributed by atoms with E-state index >= 15 is 0 Å². The topological polar surface area (TPSA) is 79.9 Å². The number of aromatic nitrogens is 2. The maximum Gasteiger partial charge on any atom is 0.262 e. The molecule has 0 aliphatic rings. The van der Waals surface area contributed by atoms with Crippen molar-refractivity contribution in [1.82, 2.24) is 15.1 Å². The highest BCUT2D eigenvalue weighted by atomic mass is 16.5. The van der Waals surface area contributed by atoms with E-state index in [0.29, 0.717) is 11.3 Å². The molecule has 0 radical (unpaired) electrons. The van der Waals surface area contributed by atoms with E-state index in [0.717, 1.165) is 22.6 Å². The van der Waals surface area contributed by atoms with Crippen molar-refractivity contribution in [3.8, 4) is 28.8 Å². The zero-order chi connectivity index (χ0) is 21.5. The van der Waals surface area contributed by atoms with Crippen molar-refractivity contribution >= 4 is 12.0 Å². The van der Waals surface area contributed by atoms with E-state index in [-0.39, 0.29) is 12.1 Å². The van der Waals surface area contributed by atoms with Gasteiger partial charge in [-0.05, 0) is 48.9 Å². The van der Waals surface area contributed by atoms with Crippen LogP contribution in [0.15, 0.2) is 73.0 Å². The second-order valence-corrected chi connectivity index (χ2v) is 6.57. The molecule has 1 heterocycles. The van der Waals surface area contributed by atoms with E-state index in [1.165, 1.54) is 0 Å². The molecule has 2 aromatic carbocycles. The Kier molecular flexibility index (Phi) is 6.46. The predicted molar refractivity (Wildman–Crippen MR) is 117 cm³/mol. The van der Waals surface area contributed by atoms with Gasteiger partial charge in [-0.15, -0.1) is 6.58 Å². The van der Waals surface area contributed by atoms with E-state index in [1.807, 2.05) is 67.7 Å². The van der Waals surface area contributed by atoms with Crippen LogP contribution in [-0.2, 0) is 4.79 Å². The van der Waals surface area contributed by atoms with Crippen LogP contribution in [0.1, 0.15) is 11.1 Å². The molecule has 6 nitrogen and oxygen atoms in total. The van der Waals surface area contributed by atoms with Crippen LogP contribution in [0.4, 0.5) is 0 Å². The largest absolute Gasteiger partial charge is 0.496 e. The van der Waals surface area contributed by atoms with Gasteiger partial charge in [0.05, 0.1) is 12.8 Å². The number of rotatable bonds is 7. The summed E-state index contributed by atoms with van der Waals surface area (Å²) in [6, 6.07) is 17.4. The summed E-state index contributed by atoms with van der Waals surface area (Å²) in [5.41, 5.74) is 4.01. The Morgan fingerprint density at radius 3 is 2.70 bits per heavy atom. The second kappa shape index (κ2) is 9.39. The summed E-state index contributed by atoms with van der Waals surface area (Å²) in [5.74, 6) is 0.321. The molecule has 0 saturated carbocycles. The highest BCUT2D eigenvalue weighted by molar-refractivity contribution is 6.02. The van der Waals surface area contributed by atoms with Crippen molar-refractivity contribution in [1.29, 1.82) is 5.26 Å². The first-order valence-electron chi connectivity index (χ1n) is 9.38. The number of nitrogens with one attached hydrogen (secondary N) is 1. The zero-order valence-electron chi connectivity index (χ0n) is 16.9. The third-order valence-electron chi connectivity index (χ3n) is 4.50. The fourth-order valence-electron chi connectivity index (χ4n) is 3.02. The average molecular weight is 398 g/mol. The lowest BCUT2D eigenvalue weighted by molar-refractivity contribution is -0.116. The van der Waals surface area contributed by atoms with Crippen LogP contribution in [0, 0.1) is 18.3 Å². The van der Waals surface area contributed by atoms with Crippen molar-refractivity contribution in [2.75, 3.05) is 13.7 Å². The zero-order valence-corrected chi connectivity index (χ0v) is 16.9. The molecule has 0 bridgehead atoms. The minimum atomic E-state index is -0.457. The van der Waals surface area contributed by atoms with Crippen LogP contribution < -0.4 is 10.1 Å². The van der Waals surface area contributed by atoms with Gasteiger partial charge in [0, 0.05) is 23.9 Å². The minimum Gasteiger partial charge on any atom is -0.496 e. The summed E-state index contributed by atoms with van der Waals surface area (Å²) in [4.78, 5) is 12.3. The van der Waals surface area contributed by atoms with Crippen molar-refractivity contribution < 1.29 is 9.53 Å². The van der Waals surface area contributed by atoms with Crippen LogP contribution >= 0.6 is 0 Å². The highest BCUT2D eigenvalue weighted by Crippen LogP contribution is 2.29. The van der Waals surface area contributed by atoms with E-state index in [1.54, 1.807) is 23.9 Å². The summed E-state index contributed by atoms with van der Waals surface area (Å²) in [7, 11) is 1.63. The molecular weight excluding hydrogens is 376 g/mol. The number of ether oxygens (including phenoxy) is 1. The summed E-state index contributed by atoms with van der Waals surface area (Å²) in [6.45, 7) is 5.81. The van der Waals surface area contributed by atoms with Crippen molar-refractivity contribution in [3.63, 3.8) is 0 Å². The average Bonchev–Trinajstić information content (AvgIpc) is 3.20. The normalized spacial score (nSPS) is 10.9. The Bertz CT molecular complexity index is 1140. The molecule has 3 aromatic rings. The van der Waals surface area contributed by atoms with Gasteiger partial charge in [-0.2, -0.15) is 10.4 Å². The molecule has 0 saturated heterocycles. The first-order valence-corrected chi connectivity index (χ1v) is 9.38. The molecule has 1 N–H and O–H groups in total. The van der Waals surface area contributed by atoms with Crippen LogP contribution in [0.5, 0.6) is 5.75 Å². The summed E-state index contributed by atoms with van der Waals surface area (Å²) in [6.07, 6.45) is 4.92. The molecule has 6 heteroatoms. The number of methoxy groups -OCH3 is 1. The summed E-state index contributed by atoms with van der Waals surface area (Å²) in [5, 5.41) is 16.9. The lowest BCUT2D eigenvalue weighted by Gasteiger charge is -2.07. The third kappa shape index (κ3) is 4.47. The van der Waals surface area contributed by atoms with E-state index < -0.39 is 5.91 Å². The van der Waals surface area contributed by atoms with Gasteiger partial charge >= 0.3 is 0 Å². The lowest BCUT2D eigenvalue weighted by Crippen LogP contribution is -2.24. The Morgan fingerprint density at radius 2 is 2.07 bits per heavy atom. The molecule has 0 aliphatic carbocycles. The van der Waals surface area contributed by atoms with Gasteiger partial charge in [0.2, 0.25) is 0 Å². The maximum atomic E-state index is 12.3. The van der Waals surface area contributed by atoms with Crippen LogP contribution in [-0.4, -0.2) is 29.3 Å². The van der Waals surface area contributed by atoms with Gasteiger partial charge in [0.15, 0.2) is 0 Å². The number of amides is 1. The number of aryl methyl sites for hydroxylation is 1. The molecule has 0 aliphatic heterocycles. The SMILES string of the molecule is C=CCNC(=O)C(C#N)=Cc1cn(-c2ccccc2)nc1-c1ccc(OC)c(C)c1. The quantitative estimate of drug-likeness (QED) is 0.370. The number of hydrogen-bond donors (Lipinski definition) is 1. The monoisotopic (exact) mass is 398 g/mol. The first-order chi connectivity index (χ1) is 14.6. The molecular formula is C24H22N4O2. The number of hydrogen-bond acceptors (Lipinski definition) is 4. The second-order valence-electron chi connectivity index (χ2n) is 6.57. The Labute approximate surface area is 175 Å². The molecule has 1 aromatic heterocycles. The number of benzene rings is 2. The fraction of sp³-hybridized carbons (Fsp3) is 0.125. The van der Waals surface area contributed by atoms with Gasteiger partial charge in [-0.3, -0.25) is 4.79 Å². The van der Waals surface area contributed by atoms with Crippen LogP contribution in [0.3, 0.4) is 0 Å². The molecule has 30 heavy (non-hydrogen) atoms. The summed E-state index contributed by atoms with van der Waals surface area (Å²) < 4.78 is 7.08. The molecule has 0 spiro atoms. The Hall–Kier alpha value is -4.11. The number of nitriles is 1. The van der Waals surface area contributed by atoms with E-state index in [9.17, 15) is 10.1 Å². The standard InChI is InChI=1S/C24H22N4O2/c1-4-12-26-24(29)19(15-25)14-20-16-28(21-8-6-5-7-9-21)27-23(20)18-10-11-22(30-3)17(2)13-18/h4-11,13-14,16H,1,12H2,2-3H3,(H,26,29). The maximum absolute atomic E-state index is 12.3. The number of carbonyl (C=O) groups is 1. The Morgan fingerprint density at radius 1 is 1.30 bits per heavy atom. The van der Waals surface area contributed by atoms with Gasteiger partial charge in [0.1, 0.15) is 23.1 Å². The van der Waals surface area contributed by atoms with Crippen LogP contribution in [0.25, 0.3) is 23.0 Å². The smallest absolute Gasteiger partial charge is 0.262 e. The van der Waals surface area contributed by atoms with Crippen LogP contribution in [0.2, 0.25) is 0 Å². The number of nitrogens with zero attached hydrogens (tertiary/aromatic N) is 3.